The predicted octanol–water partition coefficient (Wildman–Crippen LogP) is 3.80. The van der Waals surface area contributed by atoms with E-state index in [1.54, 1.807) is 22.7 Å². The van der Waals surface area contributed by atoms with Crippen LogP contribution in [0.2, 0.25) is 0 Å². The number of nitrogens with zero attached hydrogens (tertiary/aromatic N) is 3. The molecule has 0 radical (unpaired) electrons. The van der Waals surface area contributed by atoms with Gasteiger partial charge in [0, 0.05) is 20.1 Å². The van der Waals surface area contributed by atoms with Crippen molar-refractivity contribution in [2.24, 2.45) is 0 Å². The van der Waals surface area contributed by atoms with Crippen LogP contribution in [0.3, 0.4) is 0 Å². The van der Waals surface area contributed by atoms with Crippen LogP contribution in [0.15, 0.2) is 24.3 Å². The van der Waals surface area contributed by atoms with Crippen molar-refractivity contribution in [1.29, 1.82) is 0 Å². The normalized spacial score (nSPS) is 20.0. The summed E-state index contributed by atoms with van der Waals surface area (Å²) >= 11 is 1.62. The Kier molecular flexibility index (Phi) is 5.54. The van der Waals surface area contributed by atoms with E-state index >= 15 is 0 Å². The summed E-state index contributed by atoms with van der Waals surface area (Å²) in [5.41, 5.74) is 0.958. The van der Waals surface area contributed by atoms with Gasteiger partial charge >= 0.3 is 0 Å². The lowest BCUT2D eigenvalue weighted by Gasteiger charge is -2.36. The molecule has 1 fully saturated rings. The maximum Gasteiger partial charge on any atom is 0.282 e. The van der Waals surface area contributed by atoms with Crippen LogP contribution < -0.4 is 0 Å². The number of aromatic nitrogens is 1. The van der Waals surface area contributed by atoms with Crippen LogP contribution in [0.1, 0.15) is 50.1 Å². The molecule has 3 rings (SSSR count). The molecule has 0 N–H and O–H groups in total. The molecule has 132 valence electrons. The third-order valence-electron chi connectivity index (χ3n) is 4.57. The Hall–Kier alpha value is -1.02. The van der Waals surface area contributed by atoms with Gasteiger partial charge in [0.1, 0.15) is 5.01 Å². The first-order chi connectivity index (χ1) is 11.5. The van der Waals surface area contributed by atoms with Crippen molar-refractivity contribution in [2.45, 2.75) is 45.1 Å². The molecule has 1 aromatic carbocycles. The third-order valence-corrected chi connectivity index (χ3v) is 7.70. The van der Waals surface area contributed by atoms with E-state index in [0.29, 0.717) is 13.1 Å². The largest absolute Gasteiger partial charge is 0.282 e. The van der Waals surface area contributed by atoms with Crippen molar-refractivity contribution in [2.75, 3.05) is 20.1 Å². The molecule has 0 bridgehead atoms. The first-order valence-corrected chi connectivity index (χ1v) is 10.8. The average molecular weight is 368 g/mol. The number of fused-ring (bicyclic) bond motifs is 1. The maximum absolute atomic E-state index is 13.0. The minimum atomic E-state index is -3.44. The molecule has 5 nitrogen and oxygen atoms in total. The molecule has 0 spiro atoms. The zero-order valence-electron chi connectivity index (χ0n) is 14.3. The minimum absolute atomic E-state index is 0.134. The van der Waals surface area contributed by atoms with Crippen LogP contribution in [0, 0.1) is 0 Å². The van der Waals surface area contributed by atoms with Crippen LogP contribution in [0.25, 0.3) is 10.2 Å². The Bertz CT molecular complexity index is 755. The van der Waals surface area contributed by atoms with Crippen LogP contribution in [-0.4, -0.2) is 42.1 Å². The molecule has 2 aromatic rings. The highest BCUT2D eigenvalue weighted by atomic mass is 32.2. The van der Waals surface area contributed by atoms with Crippen LogP contribution in [-0.2, 0) is 10.2 Å². The fourth-order valence-corrected chi connectivity index (χ4v) is 5.92. The second-order valence-corrected chi connectivity index (χ2v) is 9.38. The summed E-state index contributed by atoms with van der Waals surface area (Å²) < 4.78 is 30.3. The van der Waals surface area contributed by atoms with Crippen molar-refractivity contribution < 1.29 is 8.42 Å². The number of thiazole rings is 1. The quantitative estimate of drug-likeness (QED) is 0.780. The number of hydrogen-bond acceptors (Lipinski definition) is 4. The predicted molar refractivity (Wildman–Crippen MR) is 99.4 cm³/mol. The number of hydrogen-bond donors (Lipinski definition) is 0. The van der Waals surface area contributed by atoms with E-state index in [1.165, 1.54) is 4.31 Å². The molecule has 0 saturated carbocycles. The van der Waals surface area contributed by atoms with Gasteiger partial charge in [0.2, 0.25) is 0 Å². The Morgan fingerprint density at radius 2 is 2.12 bits per heavy atom. The Balaban J connectivity index is 1.90. The lowest BCUT2D eigenvalue weighted by Crippen LogP contribution is -2.46. The van der Waals surface area contributed by atoms with Crippen molar-refractivity contribution in [3.8, 4) is 0 Å². The summed E-state index contributed by atoms with van der Waals surface area (Å²) in [4.78, 5) is 4.72. The molecule has 0 amide bonds. The second kappa shape index (κ2) is 7.47. The van der Waals surface area contributed by atoms with Gasteiger partial charge in [0.15, 0.2) is 0 Å². The van der Waals surface area contributed by atoms with Gasteiger partial charge in [-0.05, 0) is 31.4 Å². The van der Waals surface area contributed by atoms with Gasteiger partial charge < -0.3 is 0 Å². The summed E-state index contributed by atoms with van der Waals surface area (Å²) in [6.45, 7) is 3.23. The molecule has 0 unspecified atom stereocenters. The zero-order valence-corrected chi connectivity index (χ0v) is 15.9. The van der Waals surface area contributed by atoms with Gasteiger partial charge in [0.25, 0.3) is 10.2 Å². The number of rotatable bonds is 6. The Morgan fingerprint density at radius 3 is 2.88 bits per heavy atom. The zero-order chi connectivity index (χ0) is 17.2. The van der Waals surface area contributed by atoms with E-state index < -0.39 is 10.2 Å². The molecule has 2 heterocycles. The van der Waals surface area contributed by atoms with Crippen LogP contribution in [0.5, 0.6) is 0 Å². The number of piperidine rings is 1. The lowest BCUT2D eigenvalue weighted by atomic mass is 10.1. The standard InChI is InChI=1S/C17H25N3O2S2/c1-3-4-12-19(2)24(21,22)20-13-8-7-10-15(20)17-18-14-9-5-6-11-16(14)23-17/h5-6,9,11,15H,3-4,7-8,10,12-13H2,1-2H3/t15-/m1/s1. The first-order valence-electron chi connectivity index (χ1n) is 8.62. The molecule has 0 aliphatic carbocycles. The molecule has 1 aliphatic heterocycles. The van der Waals surface area contributed by atoms with Gasteiger partial charge in [0.05, 0.1) is 16.3 Å². The number of benzene rings is 1. The summed E-state index contributed by atoms with van der Waals surface area (Å²) in [5.74, 6) is 0. The molecule has 1 saturated heterocycles. The second-order valence-electron chi connectivity index (χ2n) is 6.32. The maximum atomic E-state index is 13.0. The van der Waals surface area contributed by atoms with Gasteiger partial charge in [-0.15, -0.1) is 11.3 Å². The van der Waals surface area contributed by atoms with Crippen molar-refractivity contribution in [1.82, 2.24) is 13.6 Å². The SMILES string of the molecule is CCCCN(C)S(=O)(=O)N1CCCC[C@@H]1c1nc2ccccc2s1. The average Bonchev–Trinajstić information content (AvgIpc) is 3.03. The number of para-hydroxylation sites is 1. The fourth-order valence-electron chi connectivity index (χ4n) is 3.14. The van der Waals surface area contributed by atoms with Crippen molar-refractivity contribution in [3.63, 3.8) is 0 Å². The third kappa shape index (κ3) is 3.49. The van der Waals surface area contributed by atoms with Gasteiger partial charge in [-0.25, -0.2) is 4.98 Å². The Morgan fingerprint density at radius 1 is 1.33 bits per heavy atom. The molecular formula is C17H25N3O2S2. The van der Waals surface area contributed by atoms with E-state index in [0.717, 1.165) is 47.3 Å². The first kappa shape index (κ1) is 17.8. The highest BCUT2D eigenvalue weighted by Gasteiger charge is 2.37. The topological polar surface area (TPSA) is 53.5 Å². The molecule has 24 heavy (non-hydrogen) atoms. The molecular weight excluding hydrogens is 342 g/mol. The highest BCUT2D eigenvalue weighted by Crippen LogP contribution is 2.37. The van der Waals surface area contributed by atoms with E-state index in [-0.39, 0.29) is 6.04 Å². The van der Waals surface area contributed by atoms with Crippen LogP contribution in [0.4, 0.5) is 0 Å². The van der Waals surface area contributed by atoms with Gasteiger partial charge in [-0.1, -0.05) is 31.9 Å². The van der Waals surface area contributed by atoms with Gasteiger partial charge in [-0.2, -0.15) is 17.0 Å². The number of unbranched alkanes of at least 4 members (excludes halogenated alkanes) is 1. The Labute approximate surface area is 148 Å². The highest BCUT2D eigenvalue weighted by molar-refractivity contribution is 7.86. The monoisotopic (exact) mass is 367 g/mol. The lowest BCUT2D eigenvalue weighted by molar-refractivity contribution is 0.238. The van der Waals surface area contributed by atoms with Crippen LogP contribution >= 0.6 is 11.3 Å². The van der Waals surface area contributed by atoms with E-state index in [1.807, 2.05) is 24.3 Å². The van der Waals surface area contributed by atoms with Crippen molar-refractivity contribution in [3.05, 3.63) is 29.3 Å². The van der Waals surface area contributed by atoms with Gasteiger partial charge in [-0.3, -0.25) is 0 Å². The van der Waals surface area contributed by atoms with Crippen molar-refractivity contribution >= 4 is 31.8 Å². The molecule has 7 heteroatoms. The molecule has 1 atom stereocenters. The molecule has 1 aromatic heterocycles. The van der Waals surface area contributed by atoms with E-state index in [9.17, 15) is 8.42 Å². The minimum Gasteiger partial charge on any atom is -0.239 e. The summed E-state index contributed by atoms with van der Waals surface area (Å²) in [6, 6.07) is 7.87. The smallest absolute Gasteiger partial charge is 0.239 e. The summed E-state index contributed by atoms with van der Waals surface area (Å²) in [7, 11) is -1.75. The molecule has 1 aliphatic rings. The van der Waals surface area contributed by atoms with E-state index in [2.05, 4.69) is 6.92 Å². The summed E-state index contributed by atoms with van der Waals surface area (Å²) in [6.07, 6.45) is 4.69. The fraction of sp³-hybridized carbons (Fsp3) is 0.588. The summed E-state index contributed by atoms with van der Waals surface area (Å²) in [5, 5.41) is 0.920. The van der Waals surface area contributed by atoms with E-state index in [4.69, 9.17) is 4.98 Å².